The molecule has 3 heterocycles. The highest BCUT2D eigenvalue weighted by molar-refractivity contribution is 5.86. The highest BCUT2D eigenvalue weighted by Crippen LogP contribution is 2.31. The summed E-state index contributed by atoms with van der Waals surface area (Å²) in [6, 6.07) is 14.4. The van der Waals surface area contributed by atoms with Crippen molar-refractivity contribution >= 4 is 10.9 Å². The van der Waals surface area contributed by atoms with Crippen LogP contribution in [0.5, 0.6) is 17.2 Å². The van der Waals surface area contributed by atoms with Crippen LogP contribution in [0.1, 0.15) is 29.5 Å². The van der Waals surface area contributed by atoms with Crippen LogP contribution in [-0.4, -0.2) is 55.5 Å². The van der Waals surface area contributed by atoms with Gasteiger partial charge in [-0.25, -0.2) is 0 Å². The highest BCUT2D eigenvalue weighted by Gasteiger charge is 2.21. The minimum Gasteiger partial charge on any atom is -0.497 e. The third-order valence-electron chi connectivity index (χ3n) is 7.29. The van der Waals surface area contributed by atoms with E-state index >= 15 is 0 Å². The molecule has 0 atom stereocenters. The van der Waals surface area contributed by atoms with Crippen LogP contribution in [0.25, 0.3) is 10.9 Å². The molecular weight excluding hydrogens is 456 g/mol. The molecule has 1 saturated heterocycles. The molecule has 8 heteroatoms. The number of hydrogen-bond acceptors (Lipinski definition) is 7. The summed E-state index contributed by atoms with van der Waals surface area (Å²) in [5.41, 5.74) is 2.81. The van der Waals surface area contributed by atoms with E-state index in [0.717, 1.165) is 72.7 Å². The van der Waals surface area contributed by atoms with Gasteiger partial charge in [-0.05, 0) is 73.8 Å². The zero-order valence-corrected chi connectivity index (χ0v) is 20.9. The average molecular weight is 489 g/mol. The number of aryl methyl sites for hydroxylation is 1. The number of piperidine rings is 1. The van der Waals surface area contributed by atoms with Gasteiger partial charge >= 0.3 is 0 Å². The molecular formula is C28H32N4O4. The molecule has 0 aliphatic carbocycles. The Labute approximate surface area is 211 Å². The lowest BCUT2D eigenvalue weighted by Gasteiger charge is -2.32. The molecule has 0 bridgehead atoms. The van der Waals surface area contributed by atoms with Crippen LogP contribution in [0.15, 0.2) is 41.2 Å². The third kappa shape index (κ3) is 4.90. The Bertz CT molecular complexity index is 1350. The number of pyridine rings is 1. The first-order valence-corrected chi connectivity index (χ1v) is 12.5. The summed E-state index contributed by atoms with van der Waals surface area (Å²) in [6.45, 7) is 4.77. The molecule has 1 aromatic heterocycles. The van der Waals surface area contributed by atoms with Gasteiger partial charge in [-0.3, -0.25) is 4.79 Å². The van der Waals surface area contributed by atoms with Crippen molar-refractivity contribution in [1.29, 1.82) is 5.26 Å². The molecule has 5 rings (SSSR count). The highest BCUT2D eigenvalue weighted by atomic mass is 16.6. The van der Waals surface area contributed by atoms with Crippen LogP contribution in [0.3, 0.4) is 0 Å². The molecule has 0 saturated carbocycles. The normalized spacial score (nSPS) is 16.1. The van der Waals surface area contributed by atoms with E-state index in [1.807, 2.05) is 24.3 Å². The topological polar surface area (TPSA) is 88.8 Å². The number of aromatic nitrogens is 1. The number of ether oxygens (including phenoxy) is 3. The Morgan fingerprint density at radius 3 is 2.64 bits per heavy atom. The largest absolute Gasteiger partial charge is 0.497 e. The molecule has 0 spiro atoms. The Morgan fingerprint density at radius 1 is 1.11 bits per heavy atom. The van der Waals surface area contributed by atoms with E-state index in [4.69, 9.17) is 14.2 Å². The first-order valence-electron chi connectivity index (χ1n) is 12.5. The van der Waals surface area contributed by atoms with Gasteiger partial charge in [0.2, 0.25) is 0 Å². The number of methoxy groups -OCH3 is 1. The first-order chi connectivity index (χ1) is 17.6. The number of nitrogens with one attached hydrogen (secondary N) is 1. The van der Waals surface area contributed by atoms with Crippen molar-refractivity contribution in [2.24, 2.45) is 7.05 Å². The SMILES string of the molecule is COc1ccc2c(c1)c(CCN1CCC(NCc3ccc4c(c3)OCCO4)CC1)c(C#N)c(=O)n2C. The lowest BCUT2D eigenvalue weighted by Crippen LogP contribution is -2.43. The number of nitrogens with zero attached hydrogens (tertiary/aromatic N) is 3. The van der Waals surface area contributed by atoms with E-state index in [-0.39, 0.29) is 11.1 Å². The molecule has 2 aliphatic rings. The minimum absolute atomic E-state index is 0.231. The van der Waals surface area contributed by atoms with Crippen molar-refractivity contribution in [2.45, 2.75) is 31.8 Å². The fourth-order valence-electron chi connectivity index (χ4n) is 5.18. The second-order valence-corrected chi connectivity index (χ2v) is 9.44. The fourth-order valence-corrected chi connectivity index (χ4v) is 5.18. The Hall–Kier alpha value is -3.54. The summed E-state index contributed by atoms with van der Waals surface area (Å²) in [4.78, 5) is 15.2. The molecule has 2 aromatic carbocycles. The maximum atomic E-state index is 12.8. The van der Waals surface area contributed by atoms with Crippen LogP contribution in [0.4, 0.5) is 0 Å². The van der Waals surface area contributed by atoms with Crippen molar-refractivity contribution < 1.29 is 14.2 Å². The van der Waals surface area contributed by atoms with E-state index in [1.54, 1.807) is 18.7 Å². The van der Waals surface area contributed by atoms with Crippen LogP contribution in [0.2, 0.25) is 0 Å². The van der Waals surface area contributed by atoms with E-state index in [9.17, 15) is 10.1 Å². The predicted molar refractivity (Wildman–Crippen MR) is 138 cm³/mol. The van der Waals surface area contributed by atoms with Gasteiger partial charge in [-0.2, -0.15) is 5.26 Å². The molecule has 1 fully saturated rings. The molecule has 188 valence electrons. The summed E-state index contributed by atoms with van der Waals surface area (Å²) < 4.78 is 18.3. The summed E-state index contributed by atoms with van der Waals surface area (Å²) in [6.07, 6.45) is 2.76. The molecule has 0 amide bonds. The van der Waals surface area contributed by atoms with E-state index in [1.165, 1.54) is 5.56 Å². The lowest BCUT2D eigenvalue weighted by molar-refractivity contribution is 0.171. The predicted octanol–water partition coefficient (Wildman–Crippen LogP) is 2.99. The second kappa shape index (κ2) is 10.6. The van der Waals surface area contributed by atoms with Crippen LogP contribution in [0, 0.1) is 11.3 Å². The molecule has 0 unspecified atom stereocenters. The third-order valence-corrected chi connectivity index (χ3v) is 7.29. The van der Waals surface area contributed by atoms with Crippen molar-refractivity contribution in [1.82, 2.24) is 14.8 Å². The van der Waals surface area contributed by atoms with Gasteiger partial charge in [0.25, 0.3) is 5.56 Å². The van der Waals surface area contributed by atoms with Gasteiger partial charge in [-0.15, -0.1) is 0 Å². The smallest absolute Gasteiger partial charge is 0.268 e. The van der Waals surface area contributed by atoms with Gasteiger partial charge in [0.15, 0.2) is 11.5 Å². The van der Waals surface area contributed by atoms with Crippen molar-refractivity contribution in [3.63, 3.8) is 0 Å². The number of likely N-dealkylation sites (tertiary alicyclic amines) is 1. The van der Waals surface area contributed by atoms with Crippen LogP contribution >= 0.6 is 0 Å². The van der Waals surface area contributed by atoms with Crippen molar-refractivity contribution in [3.8, 4) is 23.3 Å². The van der Waals surface area contributed by atoms with Crippen molar-refractivity contribution in [3.05, 3.63) is 63.4 Å². The van der Waals surface area contributed by atoms with E-state index in [2.05, 4.69) is 28.4 Å². The Morgan fingerprint density at radius 2 is 1.89 bits per heavy atom. The number of fused-ring (bicyclic) bond motifs is 2. The fraction of sp³-hybridized carbons (Fsp3) is 0.429. The van der Waals surface area contributed by atoms with Gasteiger partial charge in [-0.1, -0.05) is 6.07 Å². The Balaban J connectivity index is 1.20. The van der Waals surface area contributed by atoms with Gasteiger partial charge in [0.1, 0.15) is 30.6 Å². The molecule has 36 heavy (non-hydrogen) atoms. The second-order valence-electron chi connectivity index (χ2n) is 9.44. The Kier molecular flexibility index (Phi) is 7.12. The number of hydrogen-bond donors (Lipinski definition) is 1. The zero-order chi connectivity index (χ0) is 25.1. The average Bonchev–Trinajstić information content (AvgIpc) is 2.93. The van der Waals surface area contributed by atoms with Gasteiger partial charge in [0.05, 0.1) is 12.6 Å². The van der Waals surface area contributed by atoms with Gasteiger partial charge in [0, 0.05) is 31.6 Å². The standard InChI is InChI=1S/C28H32N4O4/c1-31-25-5-4-21(34-2)16-23(25)22(24(17-29)28(31)33)9-12-32-10-7-20(8-11-32)30-18-19-3-6-26-27(15-19)36-14-13-35-26/h3-6,15-16,20,30H,7-14,18H2,1-2H3. The molecule has 8 nitrogen and oxygen atoms in total. The molecule has 1 N–H and O–H groups in total. The summed E-state index contributed by atoms with van der Waals surface area (Å²) in [5.74, 6) is 2.37. The molecule has 0 radical (unpaired) electrons. The minimum atomic E-state index is -0.243. The number of nitriles is 1. The monoisotopic (exact) mass is 488 g/mol. The van der Waals surface area contributed by atoms with Crippen molar-refractivity contribution in [2.75, 3.05) is 40.0 Å². The molecule has 2 aliphatic heterocycles. The summed E-state index contributed by atoms with van der Waals surface area (Å²) in [7, 11) is 3.34. The zero-order valence-electron chi connectivity index (χ0n) is 20.9. The lowest BCUT2D eigenvalue weighted by atomic mass is 9.99. The number of benzene rings is 2. The summed E-state index contributed by atoms with van der Waals surface area (Å²) >= 11 is 0. The van der Waals surface area contributed by atoms with Crippen LogP contribution in [-0.2, 0) is 20.0 Å². The summed E-state index contributed by atoms with van der Waals surface area (Å²) in [5, 5.41) is 14.4. The van der Waals surface area contributed by atoms with Gasteiger partial charge < -0.3 is 29.0 Å². The maximum Gasteiger partial charge on any atom is 0.268 e. The van der Waals surface area contributed by atoms with E-state index in [0.29, 0.717) is 25.7 Å². The first kappa shape index (κ1) is 24.2. The van der Waals surface area contributed by atoms with E-state index < -0.39 is 0 Å². The maximum absolute atomic E-state index is 12.8. The quantitative estimate of drug-likeness (QED) is 0.547. The van der Waals surface area contributed by atoms with Crippen LogP contribution < -0.4 is 25.1 Å². The molecule has 3 aromatic rings. The number of rotatable bonds is 7.